The van der Waals surface area contributed by atoms with Crippen molar-refractivity contribution in [2.75, 3.05) is 26.3 Å². The second-order valence-electron chi connectivity index (χ2n) is 10.8. The van der Waals surface area contributed by atoms with Gasteiger partial charge in [0.2, 0.25) is 11.8 Å². The molecule has 3 saturated heterocycles. The van der Waals surface area contributed by atoms with Crippen LogP contribution in [0.3, 0.4) is 0 Å². The van der Waals surface area contributed by atoms with E-state index in [0.717, 1.165) is 18.4 Å². The molecule has 2 amide bonds. The largest absolute Gasteiger partial charge is 0.465 e. The van der Waals surface area contributed by atoms with E-state index in [0.29, 0.717) is 32.4 Å². The van der Waals surface area contributed by atoms with Gasteiger partial charge in [-0.05, 0) is 38.2 Å². The van der Waals surface area contributed by atoms with Gasteiger partial charge < -0.3 is 19.6 Å². The average Bonchev–Trinajstić information content (AvgIpc) is 3.48. The molecule has 4 rings (SSSR count). The second-order valence-corrected chi connectivity index (χ2v) is 12.7. The summed E-state index contributed by atoms with van der Waals surface area (Å²) in [6.45, 7) is 12.5. The first-order valence-corrected chi connectivity index (χ1v) is 14.5. The Bertz CT molecular complexity index is 1060. The minimum atomic E-state index is -0.799. The van der Waals surface area contributed by atoms with Crippen LogP contribution in [-0.2, 0) is 19.1 Å². The molecule has 0 saturated carbocycles. The molecule has 3 heterocycles. The van der Waals surface area contributed by atoms with Gasteiger partial charge in [0.1, 0.15) is 6.04 Å². The Morgan fingerprint density at radius 2 is 2.00 bits per heavy atom. The van der Waals surface area contributed by atoms with E-state index in [4.69, 9.17) is 4.74 Å². The van der Waals surface area contributed by atoms with Crippen LogP contribution in [0.5, 0.6) is 0 Å². The molecule has 0 aromatic heterocycles. The minimum Gasteiger partial charge on any atom is -0.465 e. The van der Waals surface area contributed by atoms with Crippen molar-refractivity contribution in [1.29, 1.82) is 0 Å². The summed E-state index contributed by atoms with van der Waals surface area (Å²) >= 11 is 1.62. The molecule has 1 N–H and O–H groups in total. The number of benzene rings is 1. The van der Waals surface area contributed by atoms with E-state index in [1.807, 2.05) is 37.3 Å². The molecule has 7 nitrogen and oxygen atoms in total. The summed E-state index contributed by atoms with van der Waals surface area (Å²) in [7, 11) is 0. The Morgan fingerprint density at radius 3 is 2.63 bits per heavy atom. The Kier molecular flexibility index (Phi) is 8.72. The summed E-state index contributed by atoms with van der Waals surface area (Å²) in [6, 6.07) is 7.84. The maximum Gasteiger partial charge on any atom is 0.311 e. The van der Waals surface area contributed by atoms with E-state index in [9.17, 15) is 19.5 Å². The third-order valence-corrected chi connectivity index (χ3v) is 10.4. The zero-order valence-corrected chi connectivity index (χ0v) is 23.3. The molecule has 3 aliphatic rings. The van der Waals surface area contributed by atoms with Gasteiger partial charge in [-0.1, -0.05) is 55.8 Å². The standard InChI is InChI=1S/C30H40N2O5S/c1-5-8-18-31(17-7-3)27(35)25-30-16-15-29(4,38-30)24(28(36)37-19-9-6-2)23(30)26(34)32(25)22(20-33)21-13-11-10-12-14-21/h6-7,10-14,22-25,33H,2-3,5,8-9,15-20H2,1,4H3/t22-,23+,24-,25?,29+,30?/m1/s1. The van der Waals surface area contributed by atoms with Crippen LogP contribution >= 0.6 is 11.8 Å². The van der Waals surface area contributed by atoms with Crippen LogP contribution in [0, 0.1) is 11.8 Å². The molecule has 2 bridgehead atoms. The number of aliphatic hydroxyl groups is 1. The van der Waals surface area contributed by atoms with Crippen LogP contribution in [0.4, 0.5) is 0 Å². The number of fused-ring (bicyclic) bond motifs is 1. The number of likely N-dealkylation sites (tertiary alicyclic amines) is 1. The molecular formula is C30H40N2O5S. The van der Waals surface area contributed by atoms with Gasteiger partial charge >= 0.3 is 5.97 Å². The van der Waals surface area contributed by atoms with Crippen molar-refractivity contribution in [3.05, 3.63) is 61.2 Å². The first-order chi connectivity index (χ1) is 18.3. The maximum absolute atomic E-state index is 14.4. The normalized spacial score (nSPS) is 30.1. The topological polar surface area (TPSA) is 87.1 Å². The lowest BCUT2D eigenvalue weighted by molar-refractivity contribution is -0.156. The summed E-state index contributed by atoms with van der Waals surface area (Å²) in [5.41, 5.74) is 0.761. The molecule has 0 aliphatic carbocycles. The molecule has 206 valence electrons. The Labute approximate surface area is 230 Å². The molecule has 1 spiro atoms. The van der Waals surface area contributed by atoms with E-state index in [1.54, 1.807) is 33.7 Å². The summed E-state index contributed by atoms with van der Waals surface area (Å²) in [5, 5.41) is 10.6. The molecule has 3 aliphatic heterocycles. The highest BCUT2D eigenvalue weighted by Gasteiger charge is 2.78. The SMILES string of the molecule is C=CCCOC(=O)[C@H]1[C@H]2C(=O)N([C@H](CO)c3ccccc3)C(C(=O)N(CC=C)CCCC)C23CC[C@]1(C)S3. The number of nitrogens with zero attached hydrogens (tertiary/aromatic N) is 2. The monoisotopic (exact) mass is 540 g/mol. The van der Waals surface area contributed by atoms with Crippen LogP contribution in [0.2, 0.25) is 0 Å². The number of aliphatic hydroxyl groups excluding tert-OH is 1. The number of hydrogen-bond acceptors (Lipinski definition) is 6. The first kappa shape index (κ1) is 28.4. The zero-order valence-electron chi connectivity index (χ0n) is 22.5. The highest BCUT2D eigenvalue weighted by molar-refractivity contribution is 8.02. The van der Waals surface area contributed by atoms with Crippen molar-refractivity contribution in [3.63, 3.8) is 0 Å². The lowest BCUT2D eigenvalue weighted by Gasteiger charge is -2.39. The molecule has 2 unspecified atom stereocenters. The number of ether oxygens (including phenoxy) is 1. The van der Waals surface area contributed by atoms with E-state index in [1.165, 1.54) is 0 Å². The molecular weight excluding hydrogens is 500 g/mol. The fourth-order valence-electron chi connectivity index (χ4n) is 6.67. The van der Waals surface area contributed by atoms with Crippen molar-refractivity contribution in [1.82, 2.24) is 9.80 Å². The molecule has 3 fully saturated rings. The van der Waals surface area contributed by atoms with E-state index in [-0.39, 0.29) is 31.0 Å². The highest BCUT2D eigenvalue weighted by Crippen LogP contribution is 2.72. The van der Waals surface area contributed by atoms with Gasteiger partial charge in [0.15, 0.2) is 0 Å². The fourth-order valence-corrected chi connectivity index (χ4v) is 8.99. The van der Waals surface area contributed by atoms with Gasteiger partial charge in [0.25, 0.3) is 0 Å². The zero-order chi connectivity index (χ0) is 27.5. The summed E-state index contributed by atoms with van der Waals surface area (Å²) in [4.78, 5) is 45.7. The van der Waals surface area contributed by atoms with E-state index in [2.05, 4.69) is 20.1 Å². The van der Waals surface area contributed by atoms with Gasteiger partial charge in [-0.2, -0.15) is 0 Å². The number of carbonyl (C=O) groups excluding carboxylic acids is 3. The average molecular weight is 541 g/mol. The summed E-state index contributed by atoms with van der Waals surface area (Å²) < 4.78 is 4.37. The van der Waals surface area contributed by atoms with Crippen molar-refractivity contribution in [2.24, 2.45) is 11.8 Å². The third kappa shape index (κ3) is 4.70. The van der Waals surface area contributed by atoms with Crippen LogP contribution in [0.1, 0.15) is 57.6 Å². The summed E-state index contributed by atoms with van der Waals surface area (Å²) in [5.74, 6) is -2.12. The van der Waals surface area contributed by atoms with Gasteiger partial charge in [0.05, 0.1) is 35.8 Å². The number of carbonyl (C=O) groups is 3. The van der Waals surface area contributed by atoms with Gasteiger partial charge in [-0.15, -0.1) is 24.9 Å². The fraction of sp³-hybridized carbons (Fsp3) is 0.567. The quantitative estimate of drug-likeness (QED) is 0.230. The van der Waals surface area contributed by atoms with E-state index < -0.39 is 33.4 Å². The molecule has 8 heteroatoms. The molecule has 1 aromatic rings. The number of esters is 1. The predicted molar refractivity (Wildman–Crippen MR) is 149 cm³/mol. The van der Waals surface area contributed by atoms with Gasteiger partial charge in [-0.3, -0.25) is 14.4 Å². The van der Waals surface area contributed by atoms with Crippen LogP contribution in [-0.4, -0.2) is 74.5 Å². The Morgan fingerprint density at radius 1 is 1.26 bits per heavy atom. The van der Waals surface area contributed by atoms with Crippen molar-refractivity contribution >= 4 is 29.5 Å². The predicted octanol–water partition coefficient (Wildman–Crippen LogP) is 4.14. The van der Waals surface area contributed by atoms with Crippen LogP contribution in [0.25, 0.3) is 0 Å². The van der Waals surface area contributed by atoms with Crippen LogP contribution in [0.15, 0.2) is 55.6 Å². The van der Waals surface area contributed by atoms with Crippen molar-refractivity contribution in [3.8, 4) is 0 Å². The number of unbranched alkanes of at least 4 members (excludes halogenated alkanes) is 1. The van der Waals surface area contributed by atoms with Crippen LogP contribution < -0.4 is 0 Å². The smallest absolute Gasteiger partial charge is 0.311 e. The third-order valence-electron chi connectivity index (χ3n) is 8.40. The van der Waals surface area contributed by atoms with Gasteiger partial charge in [-0.25, -0.2) is 0 Å². The highest BCUT2D eigenvalue weighted by atomic mass is 32.2. The lowest BCUT2D eigenvalue weighted by atomic mass is 9.66. The Balaban J connectivity index is 1.81. The second kappa shape index (κ2) is 11.7. The number of thioether (sulfide) groups is 1. The van der Waals surface area contributed by atoms with E-state index >= 15 is 0 Å². The minimum absolute atomic E-state index is 0.138. The number of hydrogen-bond donors (Lipinski definition) is 1. The first-order valence-electron chi connectivity index (χ1n) is 13.6. The number of amides is 2. The molecule has 1 aromatic carbocycles. The lowest BCUT2D eigenvalue weighted by Crippen LogP contribution is -2.55. The van der Waals surface area contributed by atoms with Crippen molar-refractivity contribution < 1.29 is 24.2 Å². The van der Waals surface area contributed by atoms with Gasteiger partial charge in [0, 0.05) is 17.8 Å². The number of rotatable bonds is 13. The molecule has 6 atom stereocenters. The maximum atomic E-state index is 14.4. The molecule has 38 heavy (non-hydrogen) atoms. The molecule has 0 radical (unpaired) electrons. The Hall–Kier alpha value is -2.58. The summed E-state index contributed by atoms with van der Waals surface area (Å²) in [6.07, 6.45) is 7.07. The van der Waals surface area contributed by atoms with Crippen molar-refractivity contribution in [2.45, 2.75) is 67.5 Å².